The first-order chi connectivity index (χ1) is 7.69. The summed E-state index contributed by atoms with van der Waals surface area (Å²) in [6, 6.07) is 0.254. The Morgan fingerprint density at radius 2 is 2.31 bits per heavy atom. The average Bonchev–Trinajstić information content (AvgIpc) is 2.24. The van der Waals surface area contributed by atoms with E-state index in [2.05, 4.69) is 16.0 Å². The summed E-state index contributed by atoms with van der Waals surface area (Å²) in [5, 5.41) is 16.1. The van der Waals surface area contributed by atoms with Crippen molar-refractivity contribution in [2.75, 3.05) is 19.6 Å². The van der Waals surface area contributed by atoms with Crippen molar-refractivity contribution in [2.45, 2.75) is 19.4 Å². The topological polar surface area (TPSA) is 77.0 Å². The van der Waals surface area contributed by atoms with Crippen LogP contribution < -0.4 is 16.0 Å². The zero-order chi connectivity index (χ0) is 12.0. The van der Waals surface area contributed by atoms with E-state index in [0.717, 1.165) is 25.7 Å². The molecular weight excluding hydrogens is 228 g/mol. The Kier molecular flexibility index (Phi) is 5.28. The molecule has 0 aromatic heterocycles. The molecule has 1 aliphatic rings. The van der Waals surface area contributed by atoms with Gasteiger partial charge in [-0.25, -0.2) is 0 Å². The standard InChI is InChI=1S/C10H17ClN4O/c1-2-3-14-10(16)9(11)8(4-12)15-7-5-13-6-7/h4,7,12-13,15H,2-3,5-6H2,1H3,(H,14,16)/b9-8-,12-4?. The van der Waals surface area contributed by atoms with Crippen LogP contribution in [0.25, 0.3) is 0 Å². The highest BCUT2D eigenvalue weighted by atomic mass is 35.5. The summed E-state index contributed by atoms with van der Waals surface area (Å²) in [6.07, 6.45) is 1.93. The SMILES string of the molecule is CCCNC(=O)/C(Cl)=C(\C=N)NC1CNC1. The molecule has 0 saturated carbocycles. The van der Waals surface area contributed by atoms with Crippen LogP contribution >= 0.6 is 11.6 Å². The summed E-state index contributed by atoms with van der Waals surface area (Å²) in [7, 11) is 0. The Morgan fingerprint density at radius 3 is 2.75 bits per heavy atom. The molecule has 4 N–H and O–H groups in total. The van der Waals surface area contributed by atoms with Crippen molar-refractivity contribution in [2.24, 2.45) is 0 Å². The zero-order valence-electron chi connectivity index (χ0n) is 9.27. The lowest BCUT2D eigenvalue weighted by Gasteiger charge is -2.29. The van der Waals surface area contributed by atoms with Gasteiger partial charge in [0.1, 0.15) is 5.03 Å². The second-order valence-corrected chi connectivity index (χ2v) is 4.01. The first-order valence-electron chi connectivity index (χ1n) is 5.34. The zero-order valence-corrected chi connectivity index (χ0v) is 10.0. The molecule has 90 valence electrons. The Morgan fingerprint density at radius 1 is 1.62 bits per heavy atom. The number of amides is 1. The number of carbonyl (C=O) groups is 1. The van der Waals surface area contributed by atoms with Gasteiger partial charge in [0.2, 0.25) is 0 Å². The molecule has 1 fully saturated rings. The van der Waals surface area contributed by atoms with Gasteiger partial charge < -0.3 is 21.4 Å². The van der Waals surface area contributed by atoms with Crippen LogP contribution in [0.4, 0.5) is 0 Å². The van der Waals surface area contributed by atoms with E-state index >= 15 is 0 Å². The van der Waals surface area contributed by atoms with E-state index in [1.165, 1.54) is 0 Å². The van der Waals surface area contributed by atoms with E-state index in [0.29, 0.717) is 12.2 Å². The molecule has 1 amide bonds. The molecule has 0 unspecified atom stereocenters. The smallest absolute Gasteiger partial charge is 0.264 e. The second-order valence-electron chi connectivity index (χ2n) is 3.63. The highest BCUT2D eigenvalue weighted by molar-refractivity contribution is 6.43. The first kappa shape index (κ1) is 13.0. The molecule has 0 radical (unpaired) electrons. The fraction of sp³-hybridized carbons (Fsp3) is 0.600. The molecule has 0 atom stereocenters. The molecule has 16 heavy (non-hydrogen) atoms. The lowest BCUT2D eigenvalue weighted by molar-refractivity contribution is -0.116. The molecule has 1 saturated heterocycles. The van der Waals surface area contributed by atoms with Gasteiger partial charge in [0.25, 0.3) is 5.91 Å². The van der Waals surface area contributed by atoms with Crippen LogP contribution in [-0.2, 0) is 4.79 Å². The van der Waals surface area contributed by atoms with Crippen molar-refractivity contribution in [1.82, 2.24) is 16.0 Å². The van der Waals surface area contributed by atoms with Crippen LogP contribution in [-0.4, -0.2) is 37.8 Å². The normalized spacial score (nSPS) is 17.1. The van der Waals surface area contributed by atoms with Gasteiger partial charge in [-0.2, -0.15) is 0 Å². The number of halogens is 1. The molecule has 5 nitrogen and oxygen atoms in total. The number of rotatable bonds is 6. The van der Waals surface area contributed by atoms with Crippen LogP contribution in [0.3, 0.4) is 0 Å². The van der Waals surface area contributed by atoms with Crippen LogP contribution in [0.15, 0.2) is 10.7 Å². The summed E-state index contributed by atoms with van der Waals surface area (Å²) in [4.78, 5) is 11.5. The van der Waals surface area contributed by atoms with Crippen molar-refractivity contribution in [3.63, 3.8) is 0 Å². The molecule has 1 rings (SSSR count). The minimum Gasteiger partial charge on any atom is -0.377 e. The number of allylic oxidation sites excluding steroid dienone is 1. The summed E-state index contributed by atoms with van der Waals surface area (Å²) in [5.41, 5.74) is 0.377. The number of nitrogens with one attached hydrogen (secondary N) is 4. The van der Waals surface area contributed by atoms with E-state index in [-0.39, 0.29) is 17.0 Å². The summed E-state index contributed by atoms with van der Waals surface area (Å²) in [6.45, 7) is 4.22. The maximum absolute atomic E-state index is 11.5. The summed E-state index contributed by atoms with van der Waals surface area (Å²) in [5.74, 6) is -0.332. The fourth-order valence-electron chi connectivity index (χ4n) is 1.22. The largest absolute Gasteiger partial charge is 0.377 e. The van der Waals surface area contributed by atoms with E-state index in [4.69, 9.17) is 17.0 Å². The van der Waals surface area contributed by atoms with E-state index < -0.39 is 0 Å². The molecule has 0 aromatic rings. The van der Waals surface area contributed by atoms with Gasteiger partial charge >= 0.3 is 0 Å². The molecule has 1 heterocycles. The van der Waals surface area contributed by atoms with E-state index in [1.54, 1.807) is 0 Å². The molecule has 6 heteroatoms. The van der Waals surface area contributed by atoms with E-state index in [9.17, 15) is 4.79 Å². The Balaban J connectivity index is 2.57. The second kappa shape index (κ2) is 6.50. The monoisotopic (exact) mass is 244 g/mol. The lowest BCUT2D eigenvalue weighted by Crippen LogP contribution is -2.55. The summed E-state index contributed by atoms with van der Waals surface area (Å²) < 4.78 is 0. The highest BCUT2D eigenvalue weighted by Gasteiger charge is 2.19. The fourth-order valence-corrected chi connectivity index (χ4v) is 1.39. The van der Waals surface area contributed by atoms with Crippen LogP contribution in [0.5, 0.6) is 0 Å². The van der Waals surface area contributed by atoms with Crippen LogP contribution in [0, 0.1) is 5.41 Å². The summed E-state index contributed by atoms with van der Waals surface area (Å²) >= 11 is 5.89. The molecule has 0 aliphatic carbocycles. The van der Waals surface area contributed by atoms with Gasteiger partial charge in [0.15, 0.2) is 0 Å². The average molecular weight is 245 g/mol. The van der Waals surface area contributed by atoms with Crippen molar-refractivity contribution in [3.05, 3.63) is 10.7 Å². The van der Waals surface area contributed by atoms with Gasteiger partial charge in [-0.15, -0.1) is 0 Å². The van der Waals surface area contributed by atoms with Crippen molar-refractivity contribution >= 4 is 23.7 Å². The highest BCUT2D eigenvalue weighted by Crippen LogP contribution is 2.07. The minimum atomic E-state index is -0.332. The van der Waals surface area contributed by atoms with Gasteiger partial charge in [-0.1, -0.05) is 18.5 Å². The van der Waals surface area contributed by atoms with Crippen molar-refractivity contribution < 1.29 is 4.79 Å². The Bertz CT molecular complexity index is 299. The third kappa shape index (κ3) is 3.50. The number of carbonyl (C=O) groups excluding carboxylic acids is 1. The molecule has 0 bridgehead atoms. The quantitative estimate of drug-likeness (QED) is 0.398. The van der Waals surface area contributed by atoms with Crippen LogP contribution in [0.1, 0.15) is 13.3 Å². The third-order valence-electron chi connectivity index (χ3n) is 2.26. The first-order valence-corrected chi connectivity index (χ1v) is 5.72. The van der Waals surface area contributed by atoms with Crippen molar-refractivity contribution in [1.29, 1.82) is 5.41 Å². The predicted octanol–water partition coefficient (Wildman–Crippen LogP) is 0.174. The van der Waals surface area contributed by atoms with E-state index in [1.807, 2.05) is 6.92 Å². The number of hydrogen-bond acceptors (Lipinski definition) is 4. The molecular formula is C10H17ClN4O. The van der Waals surface area contributed by atoms with Gasteiger partial charge in [0.05, 0.1) is 11.7 Å². The van der Waals surface area contributed by atoms with Crippen LogP contribution in [0.2, 0.25) is 0 Å². The Labute approximate surface area is 100 Å². The predicted molar refractivity (Wildman–Crippen MR) is 64.8 cm³/mol. The van der Waals surface area contributed by atoms with Gasteiger partial charge in [-0.3, -0.25) is 4.79 Å². The molecule has 0 spiro atoms. The maximum Gasteiger partial charge on any atom is 0.264 e. The van der Waals surface area contributed by atoms with Crippen molar-refractivity contribution in [3.8, 4) is 0 Å². The number of hydrogen-bond donors (Lipinski definition) is 4. The molecule has 1 aliphatic heterocycles. The van der Waals surface area contributed by atoms with Gasteiger partial charge in [-0.05, 0) is 6.42 Å². The Hall–Kier alpha value is -1.07. The lowest BCUT2D eigenvalue weighted by atomic mass is 10.1. The maximum atomic E-state index is 11.5. The van der Waals surface area contributed by atoms with Gasteiger partial charge in [0, 0.05) is 25.8 Å². The minimum absolute atomic E-state index is 0.0513. The molecule has 0 aromatic carbocycles. The third-order valence-corrected chi connectivity index (χ3v) is 2.63.